The van der Waals surface area contributed by atoms with E-state index in [0.717, 1.165) is 12.1 Å². The third-order valence-electron chi connectivity index (χ3n) is 2.87. The number of nitriles is 1. The van der Waals surface area contributed by atoms with E-state index in [-0.39, 0.29) is 0 Å². The summed E-state index contributed by atoms with van der Waals surface area (Å²) in [6, 6.07) is 12.0. The Kier molecular flexibility index (Phi) is 3.54. The molecule has 0 unspecified atom stereocenters. The average Bonchev–Trinajstić information content (AvgIpc) is 2.46. The molecule has 0 saturated heterocycles. The predicted molar refractivity (Wildman–Crippen MR) is 70.6 cm³/mol. The maximum Gasteiger partial charge on any atom is 0.173 e. The van der Waals surface area contributed by atoms with E-state index in [4.69, 9.17) is 5.26 Å². The molecule has 0 N–H and O–H groups in total. The molecule has 0 spiro atoms. The highest BCUT2D eigenvalue weighted by Gasteiger charge is 2.10. The van der Waals surface area contributed by atoms with Crippen LogP contribution in [0.1, 0.15) is 18.1 Å². The number of hydrogen-bond donors (Lipinski definition) is 0. The van der Waals surface area contributed by atoms with Gasteiger partial charge < -0.3 is 4.90 Å². The second-order valence-electron chi connectivity index (χ2n) is 3.96. The van der Waals surface area contributed by atoms with Crippen molar-refractivity contribution in [3.05, 3.63) is 47.7 Å². The third-order valence-corrected chi connectivity index (χ3v) is 2.87. The van der Waals surface area contributed by atoms with E-state index in [1.165, 1.54) is 11.8 Å². The lowest BCUT2D eigenvalue weighted by Crippen LogP contribution is -2.13. The van der Waals surface area contributed by atoms with Gasteiger partial charge in [0.1, 0.15) is 6.07 Å². The maximum absolute atomic E-state index is 9.05. The van der Waals surface area contributed by atoms with Crippen LogP contribution in [0.4, 0.5) is 11.5 Å². The molecular formula is C14H14N4. The molecule has 90 valence electrons. The van der Waals surface area contributed by atoms with E-state index >= 15 is 0 Å². The van der Waals surface area contributed by atoms with Gasteiger partial charge in [0.15, 0.2) is 5.82 Å². The Morgan fingerprint density at radius 2 is 1.94 bits per heavy atom. The number of anilines is 2. The first-order chi connectivity index (χ1) is 8.76. The highest BCUT2D eigenvalue weighted by atomic mass is 15.2. The summed E-state index contributed by atoms with van der Waals surface area (Å²) in [5.41, 5.74) is 2.79. The largest absolute Gasteiger partial charge is 0.327 e. The molecular weight excluding hydrogens is 224 g/mol. The molecule has 4 heteroatoms. The zero-order valence-corrected chi connectivity index (χ0v) is 10.5. The smallest absolute Gasteiger partial charge is 0.173 e. The van der Waals surface area contributed by atoms with Gasteiger partial charge in [0.2, 0.25) is 0 Å². The van der Waals surface area contributed by atoms with E-state index < -0.39 is 0 Å². The Balaban J connectivity index is 2.35. The minimum absolute atomic E-state index is 0.520. The van der Waals surface area contributed by atoms with E-state index in [1.54, 1.807) is 6.07 Å². The van der Waals surface area contributed by atoms with Crippen molar-refractivity contribution in [3.8, 4) is 6.07 Å². The summed E-state index contributed by atoms with van der Waals surface area (Å²) in [4.78, 5) is 1.87. The summed E-state index contributed by atoms with van der Waals surface area (Å²) < 4.78 is 0. The summed E-state index contributed by atoms with van der Waals surface area (Å²) >= 11 is 0. The average molecular weight is 238 g/mol. The first kappa shape index (κ1) is 12.1. The Morgan fingerprint density at radius 3 is 2.56 bits per heavy atom. The fraction of sp³-hybridized carbons (Fsp3) is 0.214. The minimum Gasteiger partial charge on any atom is -0.327 e. The van der Waals surface area contributed by atoms with Gasteiger partial charge in [-0.25, -0.2) is 0 Å². The Labute approximate surface area is 107 Å². The maximum atomic E-state index is 9.05. The van der Waals surface area contributed by atoms with E-state index in [0.29, 0.717) is 11.4 Å². The second kappa shape index (κ2) is 5.28. The summed E-state index contributed by atoms with van der Waals surface area (Å²) in [5, 5.41) is 16.9. The molecule has 2 aromatic rings. The van der Waals surface area contributed by atoms with Crippen LogP contribution in [0.25, 0.3) is 0 Å². The fourth-order valence-electron chi connectivity index (χ4n) is 1.74. The van der Waals surface area contributed by atoms with Crippen LogP contribution < -0.4 is 4.90 Å². The van der Waals surface area contributed by atoms with E-state index in [2.05, 4.69) is 35.3 Å². The van der Waals surface area contributed by atoms with Gasteiger partial charge in [-0.1, -0.05) is 19.1 Å². The van der Waals surface area contributed by atoms with Crippen molar-refractivity contribution in [3.63, 3.8) is 0 Å². The van der Waals surface area contributed by atoms with Crippen LogP contribution in [0, 0.1) is 11.3 Å². The number of benzene rings is 1. The number of hydrogen-bond acceptors (Lipinski definition) is 4. The summed E-state index contributed by atoms with van der Waals surface area (Å²) in [7, 11) is 1.88. The summed E-state index contributed by atoms with van der Waals surface area (Å²) in [6.45, 7) is 2.12. The van der Waals surface area contributed by atoms with Gasteiger partial charge in [0.05, 0.1) is 11.8 Å². The molecule has 2 rings (SSSR count). The summed E-state index contributed by atoms with van der Waals surface area (Å²) in [6.07, 6.45) is 2.54. The SMILES string of the molecule is CCc1ccc(N(C)c2nnccc2C#N)cc1. The highest BCUT2D eigenvalue weighted by Crippen LogP contribution is 2.24. The van der Waals surface area contributed by atoms with Crippen molar-refractivity contribution in [2.45, 2.75) is 13.3 Å². The third kappa shape index (κ3) is 2.30. The predicted octanol–water partition coefficient (Wildman–Crippen LogP) is 2.68. The molecule has 0 fully saturated rings. The van der Waals surface area contributed by atoms with Gasteiger partial charge in [-0.2, -0.15) is 10.4 Å². The van der Waals surface area contributed by atoms with Crippen molar-refractivity contribution in [1.82, 2.24) is 10.2 Å². The molecule has 1 aromatic heterocycles. The first-order valence-corrected chi connectivity index (χ1v) is 5.80. The molecule has 0 aliphatic rings. The normalized spacial score (nSPS) is 9.83. The lowest BCUT2D eigenvalue weighted by molar-refractivity contribution is 0.980. The van der Waals surface area contributed by atoms with E-state index in [9.17, 15) is 0 Å². The molecule has 0 amide bonds. The minimum atomic E-state index is 0.520. The molecule has 18 heavy (non-hydrogen) atoms. The number of rotatable bonds is 3. The van der Waals surface area contributed by atoms with Gasteiger partial charge in [0, 0.05) is 12.7 Å². The van der Waals surface area contributed by atoms with Crippen molar-refractivity contribution in [2.24, 2.45) is 0 Å². The topological polar surface area (TPSA) is 52.8 Å². The Morgan fingerprint density at radius 1 is 1.22 bits per heavy atom. The fourth-order valence-corrected chi connectivity index (χ4v) is 1.74. The van der Waals surface area contributed by atoms with Crippen LogP contribution in [0.3, 0.4) is 0 Å². The Bertz CT molecular complexity index is 569. The highest BCUT2D eigenvalue weighted by molar-refractivity contribution is 5.64. The van der Waals surface area contributed by atoms with Gasteiger partial charge in [-0.15, -0.1) is 5.10 Å². The van der Waals surface area contributed by atoms with Gasteiger partial charge >= 0.3 is 0 Å². The lowest BCUT2D eigenvalue weighted by Gasteiger charge is -2.18. The molecule has 0 aliphatic carbocycles. The van der Waals surface area contributed by atoms with Crippen LogP contribution in [-0.4, -0.2) is 17.2 Å². The van der Waals surface area contributed by atoms with Crippen molar-refractivity contribution in [1.29, 1.82) is 5.26 Å². The van der Waals surface area contributed by atoms with Gasteiger partial charge in [0.25, 0.3) is 0 Å². The standard InChI is InChI=1S/C14H14N4/c1-3-11-4-6-13(7-5-11)18(2)14-12(10-15)8-9-16-17-14/h4-9H,3H2,1-2H3. The zero-order valence-electron chi connectivity index (χ0n) is 10.5. The van der Waals surface area contributed by atoms with Crippen LogP contribution >= 0.6 is 0 Å². The monoisotopic (exact) mass is 238 g/mol. The molecule has 0 radical (unpaired) electrons. The molecule has 0 saturated carbocycles. The number of nitrogens with zero attached hydrogens (tertiary/aromatic N) is 4. The lowest BCUT2D eigenvalue weighted by atomic mass is 10.1. The molecule has 1 heterocycles. The van der Waals surface area contributed by atoms with Crippen molar-refractivity contribution in [2.75, 3.05) is 11.9 Å². The molecule has 0 aliphatic heterocycles. The summed E-state index contributed by atoms with van der Waals surface area (Å²) in [5.74, 6) is 0.573. The van der Waals surface area contributed by atoms with Crippen LogP contribution in [0.15, 0.2) is 36.5 Å². The number of aryl methyl sites for hydroxylation is 1. The van der Waals surface area contributed by atoms with Gasteiger partial charge in [-0.05, 0) is 30.2 Å². The zero-order chi connectivity index (χ0) is 13.0. The first-order valence-electron chi connectivity index (χ1n) is 5.80. The van der Waals surface area contributed by atoms with Crippen LogP contribution in [0.5, 0.6) is 0 Å². The molecule has 4 nitrogen and oxygen atoms in total. The second-order valence-corrected chi connectivity index (χ2v) is 3.96. The van der Waals surface area contributed by atoms with Crippen LogP contribution in [-0.2, 0) is 6.42 Å². The van der Waals surface area contributed by atoms with Crippen molar-refractivity contribution >= 4 is 11.5 Å². The molecule has 1 aromatic carbocycles. The van der Waals surface area contributed by atoms with Gasteiger partial charge in [-0.3, -0.25) is 0 Å². The van der Waals surface area contributed by atoms with E-state index in [1.807, 2.05) is 24.1 Å². The quantitative estimate of drug-likeness (QED) is 0.825. The Hall–Kier alpha value is -2.41. The molecule has 0 bridgehead atoms. The van der Waals surface area contributed by atoms with Crippen LogP contribution in [0.2, 0.25) is 0 Å². The van der Waals surface area contributed by atoms with Crippen molar-refractivity contribution < 1.29 is 0 Å². The number of aromatic nitrogens is 2. The molecule has 0 atom stereocenters.